The molecule has 122 valence electrons. The average Bonchev–Trinajstić information content (AvgIpc) is 2.86. The summed E-state index contributed by atoms with van der Waals surface area (Å²) in [6.45, 7) is 3.61. The quantitative estimate of drug-likeness (QED) is 0.939. The van der Waals surface area contributed by atoms with Crippen molar-refractivity contribution >= 4 is 11.9 Å². The summed E-state index contributed by atoms with van der Waals surface area (Å²) in [5, 5.41) is 7.07. The molecule has 6 nitrogen and oxygen atoms in total. The summed E-state index contributed by atoms with van der Waals surface area (Å²) in [5.41, 5.74) is 1.24. The predicted molar refractivity (Wildman–Crippen MR) is 88.9 cm³/mol. The Morgan fingerprint density at radius 2 is 2.09 bits per heavy atom. The van der Waals surface area contributed by atoms with Crippen LogP contribution < -0.4 is 5.32 Å². The van der Waals surface area contributed by atoms with E-state index in [4.69, 9.17) is 0 Å². The zero-order valence-corrected chi connectivity index (χ0v) is 13.7. The molecular formula is C17H23N5O. The van der Waals surface area contributed by atoms with Crippen molar-refractivity contribution in [1.82, 2.24) is 19.7 Å². The van der Waals surface area contributed by atoms with E-state index in [0.717, 1.165) is 38.2 Å². The van der Waals surface area contributed by atoms with Crippen molar-refractivity contribution in [2.24, 2.45) is 7.05 Å². The highest BCUT2D eigenvalue weighted by Gasteiger charge is 2.29. The minimum absolute atomic E-state index is 0.00812. The molecule has 1 aliphatic heterocycles. The molecule has 1 aliphatic rings. The fourth-order valence-electron chi connectivity index (χ4n) is 3.00. The van der Waals surface area contributed by atoms with Gasteiger partial charge < -0.3 is 0 Å². The first-order chi connectivity index (χ1) is 11.1. The van der Waals surface area contributed by atoms with Crippen LogP contribution in [0.1, 0.15) is 30.7 Å². The van der Waals surface area contributed by atoms with Gasteiger partial charge in [0.2, 0.25) is 11.9 Å². The molecule has 2 heterocycles. The number of carbonyl (C=O) groups excluding carboxylic acids is 1. The maximum Gasteiger partial charge on any atom is 0.249 e. The number of aryl methyl sites for hydroxylation is 2. The zero-order valence-electron chi connectivity index (χ0n) is 13.7. The Morgan fingerprint density at radius 3 is 2.78 bits per heavy atom. The van der Waals surface area contributed by atoms with E-state index in [1.807, 2.05) is 32.2 Å². The summed E-state index contributed by atoms with van der Waals surface area (Å²) in [6.07, 6.45) is 3.10. The van der Waals surface area contributed by atoms with Gasteiger partial charge in [0.25, 0.3) is 0 Å². The zero-order chi connectivity index (χ0) is 16.2. The van der Waals surface area contributed by atoms with Gasteiger partial charge in [0.1, 0.15) is 5.82 Å². The van der Waals surface area contributed by atoms with Gasteiger partial charge in [0.05, 0.1) is 6.04 Å². The second-order valence-corrected chi connectivity index (χ2v) is 6.06. The van der Waals surface area contributed by atoms with Crippen molar-refractivity contribution in [1.29, 1.82) is 0 Å². The first kappa shape index (κ1) is 15.7. The van der Waals surface area contributed by atoms with Crippen LogP contribution in [-0.4, -0.2) is 38.2 Å². The van der Waals surface area contributed by atoms with Gasteiger partial charge in [0.15, 0.2) is 0 Å². The summed E-state index contributed by atoms with van der Waals surface area (Å²) in [4.78, 5) is 19.2. The third-order valence-electron chi connectivity index (χ3n) is 4.36. The predicted octanol–water partition coefficient (Wildman–Crippen LogP) is 2.12. The van der Waals surface area contributed by atoms with Crippen molar-refractivity contribution in [2.75, 3.05) is 11.9 Å². The molecule has 0 aliphatic carbocycles. The Labute approximate surface area is 136 Å². The molecule has 0 radical (unpaired) electrons. The third kappa shape index (κ3) is 3.76. The summed E-state index contributed by atoms with van der Waals surface area (Å²) in [5.74, 6) is 1.16. The molecule has 1 saturated heterocycles. The van der Waals surface area contributed by atoms with Gasteiger partial charge in [-0.1, -0.05) is 36.8 Å². The number of nitrogens with one attached hydrogen (secondary N) is 1. The lowest BCUT2D eigenvalue weighted by Crippen LogP contribution is -2.46. The second kappa shape index (κ2) is 6.91. The van der Waals surface area contributed by atoms with Crippen molar-refractivity contribution in [2.45, 2.75) is 38.8 Å². The normalized spacial score (nSPS) is 18.8. The topological polar surface area (TPSA) is 63.1 Å². The molecule has 2 aromatic rings. The second-order valence-electron chi connectivity index (χ2n) is 6.06. The van der Waals surface area contributed by atoms with E-state index in [9.17, 15) is 4.79 Å². The van der Waals surface area contributed by atoms with Crippen LogP contribution in [0.3, 0.4) is 0 Å². The number of hydrogen-bond acceptors (Lipinski definition) is 4. The lowest BCUT2D eigenvalue weighted by atomic mass is 10.0. The van der Waals surface area contributed by atoms with Gasteiger partial charge in [0, 0.05) is 13.6 Å². The largest absolute Gasteiger partial charge is 0.292 e. The molecule has 1 aromatic heterocycles. The fourth-order valence-corrected chi connectivity index (χ4v) is 3.00. The molecule has 0 saturated carbocycles. The number of aromatic nitrogens is 3. The summed E-state index contributed by atoms with van der Waals surface area (Å²) >= 11 is 0. The smallest absolute Gasteiger partial charge is 0.249 e. The maximum absolute atomic E-state index is 12.6. The van der Waals surface area contributed by atoms with Gasteiger partial charge in [-0.05, 0) is 31.9 Å². The van der Waals surface area contributed by atoms with Crippen LogP contribution in [0.2, 0.25) is 0 Å². The van der Waals surface area contributed by atoms with E-state index < -0.39 is 0 Å². The molecule has 1 amide bonds. The van der Waals surface area contributed by atoms with Gasteiger partial charge in [-0.2, -0.15) is 4.98 Å². The summed E-state index contributed by atoms with van der Waals surface area (Å²) < 4.78 is 1.66. The highest BCUT2D eigenvalue weighted by Crippen LogP contribution is 2.20. The van der Waals surface area contributed by atoms with E-state index >= 15 is 0 Å². The molecule has 1 N–H and O–H groups in total. The van der Waals surface area contributed by atoms with Gasteiger partial charge in [-0.25, -0.2) is 0 Å². The number of piperidine rings is 1. The number of anilines is 1. The van der Waals surface area contributed by atoms with Crippen LogP contribution in [-0.2, 0) is 18.4 Å². The molecule has 1 unspecified atom stereocenters. The molecule has 0 spiro atoms. The minimum Gasteiger partial charge on any atom is -0.292 e. The van der Waals surface area contributed by atoms with Crippen molar-refractivity contribution in [3.63, 3.8) is 0 Å². The lowest BCUT2D eigenvalue weighted by Gasteiger charge is -2.34. The Balaban J connectivity index is 1.69. The monoisotopic (exact) mass is 313 g/mol. The molecule has 1 fully saturated rings. The highest BCUT2D eigenvalue weighted by atomic mass is 16.2. The molecule has 6 heteroatoms. The fraction of sp³-hybridized carbons (Fsp3) is 0.471. The molecule has 23 heavy (non-hydrogen) atoms. The highest BCUT2D eigenvalue weighted by molar-refractivity contribution is 5.93. The SMILES string of the molecule is Cc1nc(NC(=O)C2CCCCN2Cc2ccccc2)nn1C. The van der Waals surface area contributed by atoms with Crippen LogP contribution in [0.4, 0.5) is 5.95 Å². The Morgan fingerprint density at radius 1 is 1.30 bits per heavy atom. The van der Waals surface area contributed by atoms with E-state index in [0.29, 0.717) is 5.95 Å². The van der Waals surface area contributed by atoms with Gasteiger partial charge in [-0.3, -0.25) is 19.7 Å². The standard InChI is InChI=1S/C17H23N5O/c1-13-18-17(20-21(13)2)19-16(23)15-10-6-7-11-22(15)12-14-8-4-3-5-9-14/h3-5,8-9,15H,6-7,10-12H2,1-2H3,(H,19,20,23). The van der Waals surface area contributed by atoms with Crippen molar-refractivity contribution in [3.8, 4) is 0 Å². The molecule has 1 atom stereocenters. The van der Waals surface area contributed by atoms with E-state index in [1.165, 1.54) is 5.56 Å². The number of nitrogens with zero attached hydrogens (tertiary/aromatic N) is 4. The Hall–Kier alpha value is -2.21. The van der Waals surface area contributed by atoms with Gasteiger partial charge in [-0.15, -0.1) is 5.10 Å². The first-order valence-corrected chi connectivity index (χ1v) is 8.10. The number of rotatable bonds is 4. The van der Waals surface area contributed by atoms with Crippen molar-refractivity contribution < 1.29 is 4.79 Å². The van der Waals surface area contributed by atoms with Crippen LogP contribution in [0, 0.1) is 6.92 Å². The average molecular weight is 313 g/mol. The minimum atomic E-state index is -0.118. The number of hydrogen-bond donors (Lipinski definition) is 1. The first-order valence-electron chi connectivity index (χ1n) is 8.10. The number of benzene rings is 1. The van der Waals surface area contributed by atoms with Gasteiger partial charge >= 0.3 is 0 Å². The lowest BCUT2D eigenvalue weighted by molar-refractivity contribution is -0.122. The van der Waals surface area contributed by atoms with Crippen LogP contribution >= 0.6 is 0 Å². The molecule has 3 rings (SSSR count). The van der Waals surface area contributed by atoms with Crippen LogP contribution in [0.15, 0.2) is 30.3 Å². The van der Waals surface area contributed by atoms with Crippen molar-refractivity contribution in [3.05, 3.63) is 41.7 Å². The molecule has 1 aromatic carbocycles. The van der Waals surface area contributed by atoms with E-state index in [2.05, 4.69) is 32.4 Å². The number of carbonyl (C=O) groups is 1. The summed E-state index contributed by atoms with van der Waals surface area (Å²) in [6, 6.07) is 10.2. The number of amides is 1. The molecular weight excluding hydrogens is 290 g/mol. The Bertz CT molecular complexity index is 647. The molecule has 0 bridgehead atoms. The Kier molecular flexibility index (Phi) is 4.71. The van der Waals surface area contributed by atoms with E-state index in [-0.39, 0.29) is 11.9 Å². The van der Waals surface area contributed by atoms with E-state index in [1.54, 1.807) is 4.68 Å². The number of likely N-dealkylation sites (tertiary alicyclic amines) is 1. The maximum atomic E-state index is 12.6. The van der Waals surface area contributed by atoms with Crippen LogP contribution in [0.5, 0.6) is 0 Å². The third-order valence-corrected chi connectivity index (χ3v) is 4.36. The van der Waals surface area contributed by atoms with Crippen LogP contribution in [0.25, 0.3) is 0 Å². The summed E-state index contributed by atoms with van der Waals surface area (Å²) in [7, 11) is 1.82.